The molecule has 1 fully saturated rings. The first-order valence-corrected chi connectivity index (χ1v) is 8.19. The normalized spacial score (nSPS) is 16.2. The number of ether oxygens (including phenoxy) is 1. The van der Waals surface area contributed by atoms with E-state index in [0.717, 1.165) is 46.7 Å². The van der Waals surface area contributed by atoms with E-state index in [9.17, 15) is 0 Å². The molecule has 1 saturated heterocycles. The SMILES string of the molecule is Nc1cc(NCCC2CCOCC2)c2ccc(Br)cc2n1. The van der Waals surface area contributed by atoms with Crippen LogP contribution in [0.3, 0.4) is 0 Å². The molecule has 5 heteroatoms. The van der Waals surface area contributed by atoms with Gasteiger partial charge in [-0.05, 0) is 43.4 Å². The van der Waals surface area contributed by atoms with Crippen LogP contribution >= 0.6 is 15.9 Å². The molecule has 1 aliphatic heterocycles. The van der Waals surface area contributed by atoms with E-state index in [1.165, 1.54) is 19.3 Å². The highest BCUT2D eigenvalue weighted by atomic mass is 79.9. The second-order valence-corrected chi connectivity index (χ2v) is 6.44. The fourth-order valence-corrected chi connectivity index (χ4v) is 3.16. The lowest BCUT2D eigenvalue weighted by molar-refractivity contribution is 0.0649. The van der Waals surface area contributed by atoms with Gasteiger partial charge in [0.15, 0.2) is 0 Å². The first-order chi connectivity index (χ1) is 10.2. The van der Waals surface area contributed by atoms with Crippen LogP contribution in [0, 0.1) is 5.92 Å². The van der Waals surface area contributed by atoms with Gasteiger partial charge in [-0.1, -0.05) is 15.9 Å². The molecule has 1 aromatic carbocycles. The van der Waals surface area contributed by atoms with Crippen molar-refractivity contribution in [2.75, 3.05) is 30.8 Å². The molecule has 0 atom stereocenters. The van der Waals surface area contributed by atoms with E-state index in [1.807, 2.05) is 18.2 Å². The van der Waals surface area contributed by atoms with Crippen LogP contribution in [0.1, 0.15) is 19.3 Å². The minimum absolute atomic E-state index is 0.550. The van der Waals surface area contributed by atoms with E-state index >= 15 is 0 Å². The fraction of sp³-hybridized carbons (Fsp3) is 0.438. The molecular weight excluding hydrogens is 330 g/mol. The molecule has 0 radical (unpaired) electrons. The smallest absolute Gasteiger partial charge is 0.126 e. The summed E-state index contributed by atoms with van der Waals surface area (Å²) in [5.41, 5.74) is 7.89. The molecule has 0 saturated carbocycles. The maximum atomic E-state index is 5.91. The molecule has 1 aliphatic rings. The Kier molecular flexibility index (Phi) is 4.60. The number of nitrogens with two attached hydrogens (primary N) is 1. The van der Waals surface area contributed by atoms with E-state index in [1.54, 1.807) is 0 Å². The molecule has 0 unspecified atom stereocenters. The lowest BCUT2D eigenvalue weighted by atomic mass is 9.96. The van der Waals surface area contributed by atoms with Gasteiger partial charge in [-0.25, -0.2) is 4.98 Å². The van der Waals surface area contributed by atoms with Crippen molar-refractivity contribution in [1.82, 2.24) is 4.98 Å². The Morgan fingerprint density at radius 1 is 1.29 bits per heavy atom. The van der Waals surface area contributed by atoms with Gasteiger partial charge in [0.25, 0.3) is 0 Å². The van der Waals surface area contributed by atoms with Crippen LogP contribution in [0.15, 0.2) is 28.7 Å². The molecule has 1 aromatic heterocycles. The van der Waals surface area contributed by atoms with Gasteiger partial charge >= 0.3 is 0 Å². The molecule has 2 heterocycles. The molecule has 0 spiro atoms. The Hall–Kier alpha value is -1.33. The first kappa shape index (κ1) is 14.6. The predicted molar refractivity (Wildman–Crippen MR) is 90.5 cm³/mol. The maximum absolute atomic E-state index is 5.91. The number of aromatic nitrogens is 1. The third-order valence-electron chi connectivity index (χ3n) is 4.00. The van der Waals surface area contributed by atoms with Crippen LogP contribution in [-0.2, 0) is 4.74 Å². The number of pyridine rings is 1. The van der Waals surface area contributed by atoms with Crippen molar-refractivity contribution in [3.8, 4) is 0 Å². The minimum Gasteiger partial charge on any atom is -0.384 e. The zero-order chi connectivity index (χ0) is 14.7. The van der Waals surface area contributed by atoms with Crippen LogP contribution in [0.25, 0.3) is 10.9 Å². The zero-order valence-corrected chi connectivity index (χ0v) is 13.5. The highest BCUT2D eigenvalue weighted by Crippen LogP contribution is 2.27. The van der Waals surface area contributed by atoms with Crippen LogP contribution in [-0.4, -0.2) is 24.7 Å². The van der Waals surface area contributed by atoms with Crippen molar-refractivity contribution in [3.05, 3.63) is 28.7 Å². The largest absolute Gasteiger partial charge is 0.384 e. The molecule has 112 valence electrons. The Morgan fingerprint density at radius 3 is 2.90 bits per heavy atom. The summed E-state index contributed by atoms with van der Waals surface area (Å²) in [6.07, 6.45) is 3.52. The lowest BCUT2D eigenvalue weighted by Gasteiger charge is -2.22. The number of hydrogen-bond acceptors (Lipinski definition) is 4. The third kappa shape index (κ3) is 3.66. The average Bonchev–Trinajstić information content (AvgIpc) is 2.47. The zero-order valence-electron chi connectivity index (χ0n) is 11.9. The molecule has 2 aromatic rings. The number of nitrogens with zero attached hydrogens (tertiary/aromatic N) is 1. The summed E-state index contributed by atoms with van der Waals surface area (Å²) in [5.74, 6) is 1.32. The van der Waals surface area contributed by atoms with Crippen molar-refractivity contribution in [2.45, 2.75) is 19.3 Å². The lowest BCUT2D eigenvalue weighted by Crippen LogP contribution is -2.18. The van der Waals surface area contributed by atoms with Gasteiger partial charge in [0.05, 0.1) is 5.52 Å². The summed E-state index contributed by atoms with van der Waals surface area (Å²) in [6, 6.07) is 8.02. The standard InChI is InChI=1S/C16H20BrN3O/c17-12-1-2-13-14(10-16(18)20-15(13)9-12)19-6-3-11-4-7-21-8-5-11/h1-2,9-11H,3-8H2,(H3,18,19,20). The number of fused-ring (bicyclic) bond motifs is 1. The number of halogens is 1. The first-order valence-electron chi connectivity index (χ1n) is 7.40. The van der Waals surface area contributed by atoms with Gasteiger partial charge in [-0.2, -0.15) is 0 Å². The van der Waals surface area contributed by atoms with E-state index < -0.39 is 0 Å². The molecular formula is C16H20BrN3O. The predicted octanol–water partition coefficient (Wildman–Crippen LogP) is 3.81. The highest BCUT2D eigenvalue weighted by Gasteiger charge is 2.13. The summed E-state index contributed by atoms with van der Waals surface area (Å²) in [7, 11) is 0. The van der Waals surface area contributed by atoms with Crippen LogP contribution < -0.4 is 11.1 Å². The van der Waals surface area contributed by atoms with Gasteiger partial charge in [-0.3, -0.25) is 0 Å². The molecule has 0 aliphatic carbocycles. The van der Waals surface area contributed by atoms with E-state index in [-0.39, 0.29) is 0 Å². The Morgan fingerprint density at radius 2 is 2.10 bits per heavy atom. The average molecular weight is 350 g/mol. The second kappa shape index (κ2) is 6.62. The molecule has 3 rings (SSSR count). The van der Waals surface area contributed by atoms with Gasteiger partial charge < -0.3 is 15.8 Å². The number of anilines is 2. The van der Waals surface area contributed by atoms with Crippen molar-refractivity contribution < 1.29 is 4.74 Å². The molecule has 21 heavy (non-hydrogen) atoms. The molecule has 4 nitrogen and oxygen atoms in total. The molecule has 0 bridgehead atoms. The van der Waals surface area contributed by atoms with E-state index in [4.69, 9.17) is 10.5 Å². The van der Waals surface area contributed by atoms with Gasteiger partial charge in [0.1, 0.15) is 5.82 Å². The van der Waals surface area contributed by atoms with Crippen molar-refractivity contribution in [3.63, 3.8) is 0 Å². The van der Waals surface area contributed by atoms with E-state index in [0.29, 0.717) is 5.82 Å². The maximum Gasteiger partial charge on any atom is 0.126 e. The summed E-state index contributed by atoms with van der Waals surface area (Å²) in [6.45, 7) is 2.77. The van der Waals surface area contributed by atoms with Crippen LogP contribution in [0.4, 0.5) is 11.5 Å². The Labute approximate surface area is 133 Å². The number of benzene rings is 1. The van der Waals surface area contributed by atoms with Crippen molar-refractivity contribution in [2.24, 2.45) is 5.92 Å². The third-order valence-corrected chi connectivity index (χ3v) is 4.49. The number of nitrogen functional groups attached to an aromatic ring is 1. The van der Waals surface area contributed by atoms with Crippen molar-refractivity contribution >= 4 is 38.3 Å². The molecule has 0 amide bonds. The van der Waals surface area contributed by atoms with E-state index in [2.05, 4.69) is 32.3 Å². The fourth-order valence-electron chi connectivity index (χ4n) is 2.81. The number of hydrogen-bond donors (Lipinski definition) is 2. The Bertz CT molecular complexity index is 621. The van der Waals surface area contributed by atoms with Crippen LogP contribution in [0.2, 0.25) is 0 Å². The minimum atomic E-state index is 0.550. The molecule has 3 N–H and O–H groups in total. The Balaban J connectivity index is 1.71. The van der Waals surface area contributed by atoms with Gasteiger partial charge in [0.2, 0.25) is 0 Å². The summed E-state index contributed by atoms with van der Waals surface area (Å²) in [4.78, 5) is 4.39. The highest BCUT2D eigenvalue weighted by molar-refractivity contribution is 9.10. The van der Waals surface area contributed by atoms with Crippen molar-refractivity contribution in [1.29, 1.82) is 0 Å². The topological polar surface area (TPSA) is 60.2 Å². The van der Waals surface area contributed by atoms with Crippen LogP contribution in [0.5, 0.6) is 0 Å². The summed E-state index contributed by atoms with van der Waals surface area (Å²) >= 11 is 3.47. The second-order valence-electron chi connectivity index (χ2n) is 5.53. The summed E-state index contributed by atoms with van der Waals surface area (Å²) < 4.78 is 6.41. The monoisotopic (exact) mass is 349 g/mol. The quantitative estimate of drug-likeness (QED) is 0.880. The van der Waals surface area contributed by atoms with Gasteiger partial charge in [0, 0.05) is 41.4 Å². The summed E-state index contributed by atoms with van der Waals surface area (Å²) in [5, 5.41) is 4.63. The number of rotatable bonds is 4. The van der Waals surface area contributed by atoms with Gasteiger partial charge in [-0.15, -0.1) is 0 Å². The number of nitrogens with one attached hydrogen (secondary N) is 1.